The third-order valence-electron chi connectivity index (χ3n) is 4.47. The Kier molecular flexibility index (Phi) is 5.96. The summed E-state index contributed by atoms with van der Waals surface area (Å²) in [6, 6.07) is 29.1. The van der Waals surface area contributed by atoms with Crippen molar-refractivity contribution in [2.24, 2.45) is 5.10 Å². The first-order chi connectivity index (χ1) is 14.2. The third-order valence-corrected chi connectivity index (χ3v) is 6.72. The molecule has 1 atom stereocenters. The lowest BCUT2D eigenvalue weighted by molar-refractivity contribution is 0.351. The van der Waals surface area contributed by atoms with Crippen LogP contribution in [0.5, 0.6) is 0 Å². The monoisotopic (exact) mass is 422 g/mol. The maximum absolute atomic E-state index is 14.0. The molecule has 4 nitrogen and oxygen atoms in total. The predicted molar refractivity (Wildman–Crippen MR) is 121 cm³/mol. The van der Waals surface area contributed by atoms with E-state index in [1.165, 1.54) is 0 Å². The second-order valence-corrected chi connectivity index (χ2v) is 8.95. The van der Waals surface area contributed by atoms with Crippen molar-refractivity contribution in [2.75, 3.05) is 17.5 Å². The highest BCUT2D eigenvalue weighted by Crippen LogP contribution is 2.57. The molecule has 4 rings (SSSR count). The van der Waals surface area contributed by atoms with Crippen molar-refractivity contribution in [1.82, 2.24) is 0 Å². The molecule has 146 valence electrons. The Labute approximate surface area is 175 Å². The van der Waals surface area contributed by atoms with E-state index >= 15 is 0 Å². The fourth-order valence-electron chi connectivity index (χ4n) is 3.15. The molecule has 0 fully saturated rings. The highest BCUT2D eigenvalue weighted by Gasteiger charge is 2.36. The molecule has 0 aliphatic carbocycles. The van der Waals surface area contributed by atoms with Gasteiger partial charge in [-0.1, -0.05) is 78.9 Å². The Bertz CT molecular complexity index is 1070. The first-order valence-corrected chi connectivity index (χ1v) is 11.5. The van der Waals surface area contributed by atoms with Gasteiger partial charge >= 0.3 is 0 Å². The molecular formula is C23H20ClN2O2P. The Morgan fingerprint density at radius 3 is 1.97 bits per heavy atom. The van der Waals surface area contributed by atoms with Crippen molar-refractivity contribution in [3.8, 4) is 0 Å². The van der Waals surface area contributed by atoms with E-state index in [0.29, 0.717) is 5.45 Å². The summed E-state index contributed by atoms with van der Waals surface area (Å²) >= 11 is 5.84. The van der Waals surface area contributed by atoms with Crippen LogP contribution in [0.2, 0.25) is 0 Å². The van der Waals surface area contributed by atoms with Crippen LogP contribution in [0.15, 0.2) is 102 Å². The number of para-hydroxylation sites is 1. The van der Waals surface area contributed by atoms with Crippen LogP contribution >= 0.6 is 19.0 Å². The summed E-state index contributed by atoms with van der Waals surface area (Å²) in [6.07, 6.45) is 0. The quantitative estimate of drug-likeness (QED) is 0.341. The summed E-state index contributed by atoms with van der Waals surface area (Å²) < 4.78 is 19.8. The van der Waals surface area contributed by atoms with Crippen molar-refractivity contribution in [2.45, 2.75) is 0 Å². The number of alkyl halides is 1. The summed E-state index contributed by atoms with van der Waals surface area (Å²) in [5.74, 6) is 1.96. The van der Waals surface area contributed by atoms with E-state index in [1.54, 1.807) is 5.82 Å². The Hall–Kier alpha value is -2.65. The molecule has 0 aromatic heterocycles. The van der Waals surface area contributed by atoms with E-state index in [4.69, 9.17) is 21.2 Å². The molecule has 6 heteroatoms. The molecular weight excluding hydrogens is 403 g/mol. The first-order valence-electron chi connectivity index (χ1n) is 9.29. The molecule has 1 heterocycles. The molecule has 29 heavy (non-hydrogen) atoms. The van der Waals surface area contributed by atoms with Gasteiger partial charge in [0.25, 0.3) is 7.37 Å². The summed E-state index contributed by atoms with van der Waals surface area (Å²) in [4.78, 5) is 0. The zero-order valence-electron chi connectivity index (χ0n) is 15.7. The van der Waals surface area contributed by atoms with Crippen LogP contribution in [0.1, 0.15) is 11.1 Å². The van der Waals surface area contributed by atoms with Crippen LogP contribution in [0.4, 0.5) is 5.69 Å². The molecule has 1 aliphatic rings. The van der Waals surface area contributed by atoms with E-state index < -0.39 is 7.37 Å². The van der Waals surface area contributed by atoms with Gasteiger partial charge in [0.05, 0.1) is 18.0 Å². The number of anilines is 1. The van der Waals surface area contributed by atoms with Gasteiger partial charge in [-0.2, -0.15) is 5.10 Å². The van der Waals surface area contributed by atoms with E-state index in [-0.39, 0.29) is 12.5 Å². The molecule has 3 aromatic rings. The molecule has 1 aliphatic heterocycles. The second-order valence-electron chi connectivity index (χ2n) is 6.44. The molecule has 0 saturated heterocycles. The molecule has 0 saturated carbocycles. The number of hydrazone groups is 1. The normalized spacial score (nSPS) is 18.9. The lowest BCUT2D eigenvalue weighted by atomic mass is 10.1. The Balaban J connectivity index is 1.91. The first kappa shape index (κ1) is 19.7. The summed E-state index contributed by atoms with van der Waals surface area (Å²) in [7, 11) is -3.38. The van der Waals surface area contributed by atoms with Crippen molar-refractivity contribution in [1.29, 1.82) is 0 Å². The topological polar surface area (TPSA) is 41.9 Å². The Morgan fingerprint density at radius 1 is 0.828 bits per heavy atom. The number of hydrogen-bond acceptors (Lipinski definition) is 4. The largest absolute Gasteiger partial charge is 0.320 e. The number of nitrogens with zero attached hydrogens (tertiary/aromatic N) is 2. The van der Waals surface area contributed by atoms with Gasteiger partial charge in [0.1, 0.15) is 0 Å². The minimum absolute atomic E-state index is 0.175. The zero-order valence-corrected chi connectivity index (χ0v) is 17.3. The minimum atomic E-state index is -3.38. The van der Waals surface area contributed by atoms with Crippen LogP contribution in [0.25, 0.3) is 5.70 Å². The predicted octanol–water partition coefficient (Wildman–Crippen LogP) is 6.40. The lowest BCUT2D eigenvalue weighted by Crippen LogP contribution is -2.23. The standard InChI is InChI=1S/C23H20ClN2O2P/c24-16-17-28-29(27)18-22(19-10-4-1-5-11-19)26(21-14-8-3-9-15-21)25-23(29)20-12-6-2-7-13-20/h1-15,18H,16-17H2. The molecule has 0 spiro atoms. The highest BCUT2D eigenvalue weighted by atomic mass is 35.5. The van der Waals surface area contributed by atoms with Gasteiger partial charge < -0.3 is 4.52 Å². The maximum Gasteiger partial charge on any atom is 0.276 e. The third kappa shape index (κ3) is 4.20. The van der Waals surface area contributed by atoms with Crippen molar-refractivity contribution >= 4 is 35.8 Å². The minimum Gasteiger partial charge on any atom is -0.320 e. The summed E-state index contributed by atoms with van der Waals surface area (Å²) in [5, 5.41) is 6.65. The zero-order chi connectivity index (χ0) is 20.1. The number of halogens is 1. The molecule has 3 aromatic carbocycles. The van der Waals surface area contributed by atoms with Gasteiger partial charge in [-0.05, 0) is 12.1 Å². The highest BCUT2D eigenvalue weighted by molar-refractivity contribution is 7.80. The van der Waals surface area contributed by atoms with Gasteiger partial charge in [0.2, 0.25) is 0 Å². The summed E-state index contributed by atoms with van der Waals surface area (Å²) in [5.41, 5.74) is 3.66. The molecule has 0 amide bonds. The number of rotatable bonds is 6. The van der Waals surface area contributed by atoms with Gasteiger partial charge in [-0.3, -0.25) is 4.57 Å². The molecule has 1 unspecified atom stereocenters. The van der Waals surface area contributed by atoms with Gasteiger partial charge in [0.15, 0.2) is 5.45 Å². The molecule has 0 N–H and O–H groups in total. The van der Waals surface area contributed by atoms with Crippen molar-refractivity contribution < 1.29 is 9.09 Å². The number of hydrogen-bond donors (Lipinski definition) is 0. The van der Waals surface area contributed by atoms with Crippen LogP contribution < -0.4 is 5.01 Å². The van der Waals surface area contributed by atoms with Gasteiger partial charge in [-0.25, -0.2) is 5.01 Å². The number of benzene rings is 3. The average Bonchev–Trinajstić information content (AvgIpc) is 2.79. The average molecular weight is 423 g/mol. The maximum atomic E-state index is 14.0. The van der Waals surface area contributed by atoms with Gasteiger partial charge in [0, 0.05) is 22.8 Å². The molecule has 0 bridgehead atoms. The fourth-order valence-corrected chi connectivity index (χ4v) is 5.32. The Morgan fingerprint density at radius 2 is 1.38 bits per heavy atom. The van der Waals surface area contributed by atoms with Crippen molar-refractivity contribution in [3.63, 3.8) is 0 Å². The van der Waals surface area contributed by atoms with Crippen LogP contribution in [0, 0.1) is 0 Å². The van der Waals surface area contributed by atoms with Crippen molar-refractivity contribution in [3.05, 3.63) is 108 Å². The van der Waals surface area contributed by atoms with Crippen LogP contribution in [-0.2, 0) is 9.09 Å². The van der Waals surface area contributed by atoms with E-state index in [1.807, 2.05) is 96.0 Å². The van der Waals surface area contributed by atoms with Gasteiger partial charge in [-0.15, -0.1) is 11.6 Å². The molecule has 0 radical (unpaired) electrons. The summed E-state index contributed by atoms with van der Waals surface area (Å²) in [6.45, 7) is 0.175. The van der Waals surface area contributed by atoms with E-state index in [9.17, 15) is 4.57 Å². The smallest absolute Gasteiger partial charge is 0.276 e. The lowest BCUT2D eigenvalue weighted by Gasteiger charge is -2.31. The fraction of sp³-hybridized carbons (Fsp3) is 0.0870. The SMILES string of the molecule is O=P1(OCCCl)C=C(c2ccccc2)N(c2ccccc2)N=C1c1ccccc1. The van der Waals surface area contributed by atoms with Crippen LogP contribution in [0.3, 0.4) is 0 Å². The second kappa shape index (κ2) is 8.79. The van der Waals surface area contributed by atoms with E-state index in [2.05, 4.69) is 0 Å². The van der Waals surface area contributed by atoms with Crippen LogP contribution in [-0.4, -0.2) is 17.9 Å². The van der Waals surface area contributed by atoms with E-state index in [0.717, 1.165) is 22.5 Å².